The molecule has 0 spiro atoms. The Hall–Kier alpha value is 0.200. The molecule has 5 heteroatoms. The second-order valence-corrected chi connectivity index (χ2v) is 8.04. The van der Waals surface area contributed by atoms with Gasteiger partial charge in [0.05, 0.1) is 5.75 Å². The van der Waals surface area contributed by atoms with Crippen molar-refractivity contribution in [2.75, 3.05) is 25.4 Å². The van der Waals surface area contributed by atoms with E-state index in [-0.39, 0.29) is 5.75 Å². The summed E-state index contributed by atoms with van der Waals surface area (Å²) in [6.07, 6.45) is 0.616. The summed E-state index contributed by atoms with van der Waals surface area (Å²) >= 11 is 0. The summed E-state index contributed by atoms with van der Waals surface area (Å²) in [5.41, 5.74) is 0. The van der Waals surface area contributed by atoms with Crippen LogP contribution in [-0.4, -0.2) is 38.7 Å². The van der Waals surface area contributed by atoms with E-state index in [9.17, 15) is 8.42 Å². The molecule has 0 radical (unpaired) electrons. The zero-order valence-electron chi connectivity index (χ0n) is 10.7. The molecule has 0 aromatic heterocycles. The fourth-order valence-corrected chi connectivity index (χ4v) is 2.55. The minimum absolute atomic E-state index is 0.0707. The minimum Gasteiger partial charge on any atom is -0.303 e. The van der Waals surface area contributed by atoms with Gasteiger partial charge in [0.1, 0.15) is 0 Å². The third-order valence-electron chi connectivity index (χ3n) is 2.11. The smallest absolute Gasteiger partial charge is 0.232 e. The van der Waals surface area contributed by atoms with Crippen molar-refractivity contribution in [3.63, 3.8) is 0 Å². The number of nitrogens with zero attached hydrogens (tertiary/aromatic N) is 1. The first-order valence-corrected chi connectivity index (χ1v) is 8.33. The highest BCUT2D eigenvalue weighted by atomic mass is 35.7. The van der Waals surface area contributed by atoms with Gasteiger partial charge in [-0.2, -0.15) is 0 Å². The van der Waals surface area contributed by atoms with Crippen molar-refractivity contribution in [1.82, 2.24) is 4.90 Å². The lowest BCUT2D eigenvalue weighted by molar-refractivity contribution is 0.220. The van der Waals surface area contributed by atoms with E-state index in [1.807, 2.05) is 0 Å². The Kier molecular flexibility index (Phi) is 7.61. The molecule has 0 aromatic carbocycles. The molecule has 0 aliphatic carbocycles. The van der Waals surface area contributed by atoms with Gasteiger partial charge in [0.25, 0.3) is 0 Å². The third kappa shape index (κ3) is 10.7. The second kappa shape index (κ2) is 7.51. The van der Waals surface area contributed by atoms with Gasteiger partial charge in [-0.25, -0.2) is 8.42 Å². The van der Waals surface area contributed by atoms with E-state index in [0.29, 0.717) is 18.3 Å². The van der Waals surface area contributed by atoms with Crippen LogP contribution in [0, 0.1) is 11.8 Å². The molecule has 0 heterocycles. The number of hydrogen-bond acceptors (Lipinski definition) is 3. The molecule has 3 nitrogen and oxygen atoms in total. The molecular weight excluding hydrogens is 246 g/mol. The number of rotatable bonds is 8. The van der Waals surface area contributed by atoms with Crippen molar-refractivity contribution in [3.8, 4) is 0 Å². The summed E-state index contributed by atoms with van der Waals surface area (Å²) in [5.74, 6) is 1.28. The lowest BCUT2D eigenvalue weighted by atomic mass is 10.1. The molecule has 0 aliphatic rings. The molecule has 0 bridgehead atoms. The molecule has 16 heavy (non-hydrogen) atoms. The first-order chi connectivity index (χ1) is 7.20. The molecule has 0 saturated carbocycles. The van der Waals surface area contributed by atoms with Gasteiger partial charge in [-0.3, -0.25) is 0 Å². The Bertz CT molecular complexity index is 266. The lowest BCUT2D eigenvalue weighted by Crippen LogP contribution is -2.32. The molecule has 98 valence electrons. The van der Waals surface area contributed by atoms with Gasteiger partial charge in [0.15, 0.2) is 0 Å². The summed E-state index contributed by atoms with van der Waals surface area (Å²) < 4.78 is 21.6. The Labute approximate surface area is 105 Å². The zero-order chi connectivity index (χ0) is 12.8. The molecule has 0 N–H and O–H groups in total. The zero-order valence-corrected chi connectivity index (χ0v) is 12.3. The molecule has 0 rings (SSSR count). The fourth-order valence-electron chi connectivity index (χ4n) is 1.75. The highest BCUT2D eigenvalue weighted by Gasteiger charge is 2.11. The van der Waals surface area contributed by atoms with Crippen molar-refractivity contribution in [1.29, 1.82) is 0 Å². The van der Waals surface area contributed by atoms with Crippen LogP contribution in [0.25, 0.3) is 0 Å². The van der Waals surface area contributed by atoms with Gasteiger partial charge in [-0.05, 0) is 24.8 Å². The van der Waals surface area contributed by atoms with E-state index in [2.05, 4.69) is 32.6 Å². The molecule has 0 aromatic rings. The summed E-state index contributed by atoms with van der Waals surface area (Å²) in [6.45, 7) is 11.5. The molecule has 0 unspecified atom stereocenters. The standard InChI is InChI=1S/C11H24ClNO2S/c1-10(2)8-13(9-11(3)4)6-5-7-16(12,14)15/h10-11H,5-9H2,1-4H3. The Balaban J connectivity index is 4.01. The summed E-state index contributed by atoms with van der Waals surface area (Å²) in [5, 5.41) is 0. The van der Waals surface area contributed by atoms with Crippen molar-refractivity contribution in [2.24, 2.45) is 11.8 Å². The largest absolute Gasteiger partial charge is 0.303 e. The van der Waals surface area contributed by atoms with Crippen LogP contribution >= 0.6 is 10.7 Å². The molecular formula is C11H24ClNO2S. The van der Waals surface area contributed by atoms with E-state index < -0.39 is 9.05 Å². The quantitative estimate of drug-likeness (QED) is 0.636. The number of halogens is 1. The summed E-state index contributed by atoms with van der Waals surface area (Å²) in [7, 11) is 1.85. The maximum absolute atomic E-state index is 10.8. The normalized spacial score (nSPS) is 13.0. The van der Waals surface area contributed by atoms with Crippen LogP contribution in [0.4, 0.5) is 0 Å². The molecule has 0 amide bonds. The van der Waals surface area contributed by atoms with Crippen LogP contribution in [0.1, 0.15) is 34.1 Å². The van der Waals surface area contributed by atoms with Gasteiger partial charge < -0.3 is 4.90 Å². The Morgan fingerprint density at radius 3 is 1.81 bits per heavy atom. The van der Waals surface area contributed by atoms with E-state index in [1.165, 1.54) is 0 Å². The third-order valence-corrected chi connectivity index (χ3v) is 3.35. The van der Waals surface area contributed by atoms with E-state index in [0.717, 1.165) is 19.6 Å². The van der Waals surface area contributed by atoms with Crippen LogP contribution in [-0.2, 0) is 9.05 Å². The van der Waals surface area contributed by atoms with Gasteiger partial charge in [0.2, 0.25) is 9.05 Å². The molecule has 0 saturated heterocycles. The lowest BCUT2D eigenvalue weighted by Gasteiger charge is -2.25. The van der Waals surface area contributed by atoms with Crippen molar-refractivity contribution in [3.05, 3.63) is 0 Å². The van der Waals surface area contributed by atoms with E-state index in [1.54, 1.807) is 0 Å². The van der Waals surface area contributed by atoms with Gasteiger partial charge in [-0.1, -0.05) is 27.7 Å². The summed E-state index contributed by atoms with van der Waals surface area (Å²) in [6, 6.07) is 0. The van der Waals surface area contributed by atoms with Crippen molar-refractivity contribution in [2.45, 2.75) is 34.1 Å². The molecule has 0 atom stereocenters. The van der Waals surface area contributed by atoms with Crippen LogP contribution < -0.4 is 0 Å². The van der Waals surface area contributed by atoms with Gasteiger partial charge in [0, 0.05) is 23.8 Å². The monoisotopic (exact) mass is 269 g/mol. The van der Waals surface area contributed by atoms with Crippen LogP contribution in [0.5, 0.6) is 0 Å². The topological polar surface area (TPSA) is 37.4 Å². The highest BCUT2D eigenvalue weighted by molar-refractivity contribution is 8.13. The molecule has 0 fully saturated rings. The average molecular weight is 270 g/mol. The number of hydrogen-bond donors (Lipinski definition) is 0. The van der Waals surface area contributed by atoms with E-state index >= 15 is 0 Å². The maximum atomic E-state index is 10.8. The minimum atomic E-state index is -3.33. The van der Waals surface area contributed by atoms with Crippen molar-refractivity contribution < 1.29 is 8.42 Å². The highest BCUT2D eigenvalue weighted by Crippen LogP contribution is 2.06. The first-order valence-electron chi connectivity index (χ1n) is 5.85. The van der Waals surface area contributed by atoms with E-state index in [4.69, 9.17) is 10.7 Å². The van der Waals surface area contributed by atoms with Crippen LogP contribution in [0.3, 0.4) is 0 Å². The van der Waals surface area contributed by atoms with Gasteiger partial charge in [-0.15, -0.1) is 0 Å². The van der Waals surface area contributed by atoms with Gasteiger partial charge >= 0.3 is 0 Å². The van der Waals surface area contributed by atoms with Crippen LogP contribution in [0.2, 0.25) is 0 Å². The predicted molar refractivity (Wildman–Crippen MR) is 70.4 cm³/mol. The summed E-state index contributed by atoms with van der Waals surface area (Å²) in [4.78, 5) is 2.32. The average Bonchev–Trinajstić information content (AvgIpc) is 1.98. The Morgan fingerprint density at radius 2 is 1.50 bits per heavy atom. The van der Waals surface area contributed by atoms with Crippen LogP contribution in [0.15, 0.2) is 0 Å². The molecule has 0 aliphatic heterocycles. The van der Waals surface area contributed by atoms with Crippen molar-refractivity contribution >= 4 is 19.7 Å². The second-order valence-electron chi connectivity index (χ2n) is 5.14. The fraction of sp³-hybridized carbons (Fsp3) is 1.00. The Morgan fingerprint density at radius 1 is 1.06 bits per heavy atom. The SMILES string of the molecule is CC(C)CN(CCCS(=O)(=O)Cl)CC(C)C. The maximum Gasteiger partial charge on any atom is 0.232 e. The first kappa shape index (κ1) is 16.2. The predicted octanol–water partition coefficient (Wildman–Crippen LogP) is 2.56.